The Balaban J connectivity index is 2.28. The number of carbonyl (C=O) groups is 2. The Kier molecular flexibility index (Phi) is 10.5. The predicted molar refractivity (Wildman–Crippen MR) is 125 cm³/mol. The molecular formula is C20H22Cl4FNO5S. The molecule has 0 spiro atoms. The number of alkyl halides is 3. The Hall–Kier alpha value is -1.06. The number of halogens is 5. The third-order valence-corrected chi connectivity index (χ3v) is 6.87. The fourth-order valence-corrected chi connectivity index (χ4v) is 5.25. The third-order valence-electron chi connectivity index (χ3n) is 4.45. The SMILES string of the molecule is CCOC(=O)C1=CCCCC1S(=O)N(CCC(=O)OCC(Cl)(Cl)Cl)c1ccc(F)cc1Cl. The molecule has 0 aliphatic heterocycles. The Bertz CT molecular complexity index is 893. The van der Waals surface area contributed by atoms with E-state index in [4.69, 9.17) is 55.9 Å². The van der Waals surface area contributed by atoms with Gasteiger partial charge in [0, 0.05) is 6.54 Å². The number of rotatable bonds is 9. The number of nitrogens with zero attached hydrogens (tertiary/aromatic N) is 1. The van der Waals surface area contributed by atoms with Gasteiger partial charge in [-0.25, -0.2) is 13.4 Å². The molecule has 2 rings (SSSR count). The van der Waals surface area contributed by atoms with Crippen molar-refractivity contribution in [2.24, 2.45) is 0 Å². The highest BCUT2D eigenvalue weighted by molar-refractivity contribution is 7.87. The summed E-state index contributed by atoms with van der Waals surface area (Å²) < 4.78 is 36.8. The lowest BCUT2D eigenvalue weighted by atomic mass is 9.99. The minimum atomic E-state index is -1.83. The molecule has 0 aromatic heterocycles. The summed E-state index contributed by atoms with van der Waals surface area (Å²) >= 11 is 23.0. The number of carbonyl (C=O) groups excluding carboxylic acids is 2. The second-order valence-electron chi connectivity index (χ2n) is 6.80. The van der Waals surface area contributed by atoms with Crippen molar-refractivity contribution in [2.45, 2.75) is 41.6 Å². The molecule has 1 aromatic carbocycles. The molecule has 0 bridgehead atoms. The van der Waals surface area contributed by atoms with Gasteiger partial charge in [-0.05, 0) is 44.4 Å². The lowest BCUT2D eigenvalue weighted by Crippen LogP contribution is -2.39. The molecule has 32 heavy (non-hydrogen) atoms. The molecular weight excluding hydrogens is 527 g/mol. The van der Waals surface area contributed by atoms with Crippen molar-refractivity contribution in [1.29, 1.82) is 0 Å². The monoisotopic (exact) mass is 547 g/mol. The molecule has 0 saturated heterocycles. The van der Waals surface area contributed by atoms with Crippen LogP contribution in [0.2, 0.25) is 5.02 Å². The molecule has 0 amide bonds. The summed E-state index contributed by atoms with van der Waals surface area (Å²) in [5.74, 6) is -1.81. The number of ether oxygens (including phenoxy) is 2. The van der Waals surface area contributed by atoms with E-state index in [-0.39, 0.29) is 30.3 Å². The maximum atomic E-state index is 13.6. The van der Waals surface area contributed by atoms with Crippen molar-refractivity contribution < 1.29 is 27.7 Å². The van der Waals surface area contributed by atoms with Crippen LogP contribution in [-0.4, -0.2) is 44.9 Å². The van der Waals surface area contributed by atoms with Gasteiger partial charge in [0.1, 0.15) is 23.4 Å². The number of anilines is 1. The Morgan fingerprint density at radius 1 is 1.28 bits per heavy atom. The lowest BCUT2D eigenvalue weighted by molar-refractivity contribution is -0.143. The standard InChI is InChI=1S/C20H22Cl4FNO5S/c1-2-30-19(28)14-5-3-4-6-17(14)32(29)26(16-8-7-13(25)11-15(16)21)10-9-18(27)31-12-20(22,23)24/h5,7-8,11,17H,2-4,6,9-10,12H2,1H3. The molecule has 0 fully saturated rings. The van der Waals surface area contributed by atoms with Crippen LogP contribution in [0.15, 0.2) is 29.8 Å². The van der Waals surface area contributed by atoms with Crippen LogP contribution in [-0.2, 0) is 30.0 Å². The average Bonchev–Trinajstić information content (AvgIpc) is 2.73. The van der Waals surface area contributed by atoms with Crippen LogP contribution < -0.4 is 4.31 Å². The van der Waals surface area contributed by atoms with E-state index in [1.807, 2.05) is 0 Å². The van der Waals surface area contributed by atoms with Crippen molar-refractivity contribution in [3.63, 3.8) is 0 Å². The first kappa shape index (κ1) is 27.2. The van der Waals surface area contributed by atoms with Gasteiger partial charge in [0.05, 0.1) is 34.6 Å². The van der Waals surface area contributed by atoms with Gasteiger partial charge in [0.25, 0.3) is 0 Å². The van der Waals surface area contributed by atoms with E-state index in [0.717, 1.165) is 18.6 Å². The molecule has 12 heteroatoms. The molecule has 0 heterocycles. The largest absolute Gasteiger partial charge is 0.463 e. The minimum absolute atomic E-state index is 0.00508. The highest BCUT2D eigenvalue weighted by Crippen LogP contribution is 2.33. The van der Waals surface area contributed by atoms with Gasteiger partial charge in [-0.1, -0.05) is 52.5 Å². The highest BCUT2D eigenvalue weighted by Gasteiger charge is 2.34. The Morgan fingerprint density at radius 3 is 2.62 bits per heavy atom. The van der Waals surface area contributed by atoms with E-state index >= 15 is 0 Å². The van der Waals surface area contributed by atoms with Crippen LogP contribution in [0.5, 0.6) is 0 Å². The zero-order valence-corrected chi connectivity index (χ0v) is 21.0. The van der Waals surface area contributed by atoms with Gasteiger partial charge in [-0.2, -0.15) is 0 Å². The Labute approximate surface area is 208 Å². The summed E-state index contributed by atoms with van der Waals surface area (Å²) in [6, 6.07) is 3.60. The summed E-state index contributed by atoms with van der Waals surface area (Å²) in [6.07, 6.45) is 3.33. The molecule has 1 aromatic rings. The van der Waals surface area contributed by atoms with E-state index in [1.165, 1.54) is 10.4 Å². The summed E-state index contributed by atoms with van der Waals surface area (Å²) in [5.41, 5.74) is 0.549. The molecule has 0 radical (unpaired) electrons. The quantitative estimate of drug-likeness (QED) is 0.309. The summed E-state index contributed by atoms with van der Waals surface area (Å²) in [7, 11) is -1.83. The first-order chi connectivity index (χ1) is 15.0. The smallest absolute Gasteiger partial charge is 0.334 e. The third kappa shape index (κ3) is 8.06. The topological polar surface area (TPSA) is 72.9 Å². The van der Waals surface area contributed by atoms with Crippen molar-refractivity contribution in [3.8, 4) is 0 Å². The maximum absolute atomic E-state index is 13.6. The second-order valence-corrected chi connectivity index (χ2v) is 11.3. The van der Waals surface area contributed by atoms with Gasteiger partial charge in [-0.3, -0.25) is 9.10 Å². The lowest BCUT2D eigenvalue weighted by Gasteiger charge is -2.31. The van der Waals surface area contributed by atoms with Crippen LogP contribution in [0.3, 0.4) is 0 Å². The molecule has 2 unspecified atom stereocenters. The first-order valence-electron chi connectivity index (χ1n) is 9.76. The van der Waals surface area contributed by atoms with Gasteiger partial charge in [-0.15, -0.1) is 0 Å². The number of esters is 2. The predicted octanol–water partition coefficient (Wildman–Crippen LogP) is 5.29. The fourth-order valence-electron chi connectivity index (χ4n) is 3.06. The van der Waals surface area contributed by atoms with E-state index in [2.05, 4.69) is 0 Å². The Morgan fingerprint density at radius 2 is 2.00 bits per heavy atom. The van der Waals surface area contributed by atoms with Crippen molar-refractivity contribution in [3.05, 3.63) is 40.7 Å². The van der Waals surface area contributed by atoms with Crippen LogP contribution in [0, 0.1) is 5.82 Å². The summed E-state index contributed by atoms with van der Waals surface area (Å²) in [6.45, 7) is 1.32. The zero-order valence-electron chi connectivity index (χ0n) is 17.1. The van der Waals surface area contributed by atoms with Gasteiger partial charge in [0.15, 0.2) is 0 Å². The van der Waals surface area contributed by atoms with Crippen molar-refractivity contribution >= 4 is 75.0 Å². The number of hydrogen-bond donors (Lipinski definition) is 0. The van der Waals surface area contributed by atoms with Crippen LogP contribution in [0.1, 0.15) is 32.6 Å². The number of allylic oxidation sites excluding steroid dienone is 1. The van der Waals surface area contributed by atoms with E-state index in [1.54, 1.807) is 13.0 Å². The molecule has 0 saturated carbocycles. The molecule has 6 nitrogen and oxygen atoms in total. The minimum Gasteiger partial charge on any atom is -0.463 e. The first-order valence-corrected chi connectivity index (χ1v) is 12.4. The van der Waals surface area contributed by atoms with Crippen molar-refractivity contribution in [1.82, 2.24) is 0 Å². The zero-order chi connectivity index (χ0) is 23.9. The van der Waals surface area contributed by atoms with E-state index in [0.29, 0.717) is 18.4 Å². The number of hydrogen-bond acceptors (Lipinski definition) is 5. The summed E-state index contributed by atoms with van der Waals surface area (Å²) in [4.78, 5) is 24.5. The molecule has 1 aliphatic rings. The van der Waals surface area contributed by atoms with Crippen LogP contribution in [0.25, 0.3) is 0 Å². The van der Waals surface area contributed by atoms with E-state index in [9.17, 15) is 18.2 Å². The van der Waals surface area contributed by atoms with E-state index < -0.39 is 44.4 Å². The maximum Gasteiger partial charge on any atom is 0.334 e. The van der Waals surface area contributed by atoms with Crippen molar-refractivity contribution in [2.75, 3.05) is 24.1 Å². The van der Waals surface area contributed by atoms with Crippen LogP contribution >= 0.6 is 46.4 Å². The average molecular weight is 549 g/mol. The molecule has 1 aliphatic carbocycles. The van der Waals surface area contributed by atoms with Gasteiger partial charge >= 0.3 is 11.9 Å². The molecule has 2 atom stereocenters. The second kappa shape index (κ2) is 12.4. The molecule has 178 valence electrons. The van der Waals surface area contributed by atoms with Gasteiger partial charge < -0.3 is 9.47 Å². The summed E-state index contributed by atoms with van der Waals surface area (Å²) in [5, 5.41) is -0.674. The normalized spacial score (nSPS) is 17.3. The number of benzene rings is 1. The molecule has 0 N–H and O–H groups in total. The highest BCUT2D eigenvalue weighted by atomic mass is 35.6. The van der Waals surface area contributed by atoms with Gasteiger partial charge in [0.2, 0.25) is 3.79 Å². The fraction of sp³-hybridized carbons (Fsp3) is 0.500. The van der Waals surface area contributed by atoms with Crippen LogP contribution in [0.4, 0.5) is 10.1 Å².